The molecule has 0 aliphatic heterocycles. The zero-order chi connectivity index (χ0) is 10.8. The summed E-state index contributed by atoms with van der Waals surface area (Å²) in [7, 11) is 0. The molecule has 4 heteroatoms. The van der Waals surface area contributed by atoms with Crippen molar-refractivity contribution >= 4 is 0 Å². The summed E-state index contributed by atoms with van der Waals surface area (Å²) in [4.78, 5) is 2.26. The molecule has 86 valence electrons. The van der Waals surface area contributed by atoms with E-state index in [0.717, 1.165) is 39.3 Å². The highest BCUT2D eigenvalue weighted by molar-refractivity contribution is 4.61. The number of aliphatic hydroxyl groups is 1. The Morgan fingerprint density at radius 1 is 1.36 bits per heavy atom. The van der Waals surface area contributed by atoms with Crippen LogP contribution < -0.4 is 5.73 Å². The van der Waals surface area contributed by atoms with Crippen molar-refractivity contribution < 1.29 is 9.84 Å². The average molecular weight is 204 g/mol. The van der Waals surface area contributed by atoms with Crippen LogP contribution in [0.2, 0.25) is 0 Å². The molecule has 0 saturated heterocycles. The van der Waals surface area contributed by atoms with Crippen LogP contribution in [0.5, 0.6) is 0 Å². The van der Waals surface area contributed by atoms with Gasteiger partial charge < -0.3 is 20.5 Å². The Morgan fingerprint density at radius 2 is 2.07 bits per heavy atom. The van der Waals surface area contributed by atoms with E-state index in [1.54, 1.807) is 0 Å². The molecule has 0 saturated carbocycles. The SMILES string of the molecule is CCOCCN(CC)CCC(O)CN. The van der Waals surface area contributed by atoms with Crippen molar-refractivity contribution in [3.05, 3.63) is 0 Å². The van der Waals surface area contributed by atoms with Crippen LogP contribution in [0.1, 0.15) is 20.3 Å². The number of likely N-dealkylation sites (N-methyl/N-ethyl adjacent to an activating group) is 1. The minimum absolute atomic E-state index is 0.350. The lowest BCUT2D eigenvalue weighted by Crippen LogP contribution is -2.32. The molecule has 0 aliphatic rings. The maximum absolute atomic E-state index is 9.29. The lowest BCUT2D eigenvalue weighted by molar-refractivity contribution is 0.102. The van der Waals surface area contributed by atoms with E-state index >= 15 is 0 Å². The Morgan fingerprint density at radius 3 is 2.57 bits per heavy atom. The first kappa shape index (κ1) is 13.8. The molecule has 0 aromatic heterocycles. The molecule has 0 heterocycles. The minimum Gasteiger partial charge on any atom is -0.392 e. The normalized spacial score (nSPS) is 13.5. The molecule has 0 rings (SSSR count). The summed E-state index contributed by atoms with van der Waals surface area (Å²) < 4.78 is 5.27. The molecule has 0 bridgehead atoms. The van der Waals surface area contributed by atoms with Crippen LogP contribution in [0, 0.1) is 0 Å². The third-order valence-electron chi connectivity index (χ3n) is 2.25. The second-order valence-electron chi connectivity index (χ2n) is 3.31. The van der Waals surface area contributed by atoms with Crippen molar-refractivity contribution in [3.8, 4) is 0 Å². The van der Waals surface area contributed by atoms with Crippen LogP contribution in [0.15, 0.2) is 0 Å². The van der Waals surface area contributed by atoms with Gasteiger partial charge in [-0.25, -0.2) is 0 Å². The number of hydrogen-bond donors (Lipinski definition) is 2. The predicted octanol–water partition coefficient (Wildman–Crippen LogP) is 0.0545. The number of aliphatic hydroxyl groups excluding tert-OH is 1. The molecule has 0 fully saturated rings. The van der Waals surface area contributed by atoms with Gasteiger partial charge in [-0.2, -0.15) is 0 Å². The first-order valence-electron chi connectivity index (χ1n) is 5.42. The number of hydrogen-bond acceptors (Lipinski definition) is 4. The van der Waals surface area contributed by atoms with Crippen LogP contribution in [0.4, 0.5) is 0 Å². The summed E-state index contributed by atoms with van der Waals surface area (Å²) in [5.74, 6) is 0. The van der Waals surface area contributed by atoms with E-state index in [9.17, 15) is 5.11 Å². The van der Waals surface area contributed by atoms with Gasteiger partial charge in [0.1, 0.15) is 0 Å². The predicted molar refractivity (Wildman–Crippen MR) is 58.3 cm³/mol. The molecule has 3 N–H and O–H groups in total. The summed E-state index contributed by atoms with van der Waals surface area (Å²) in [6.45, 7) is 8.80. The molecule has 1 unspecified atom stereocenters. The van der Waals surface area contributed by atoms with Crippen molar-refractivity contribution in [3.63, 3.8) is 0 Å². The smallest absolute Gasteiger partial charge is 0.0674 e. The fraction of sp³-hybridized carbons (Fsp3) is 1.00. The van der Waals surface area contributed by atoms with Gasteiger partial charge in [0.15, 0.2) is 0 Å². The number of ether oxygens (including phenoxy) is 1. The van der Waals surface area contributed by atoms with Gasteiger partial charge in [-0.1, -0.05) is 6.92 Å². The van der Waals surface area contributed by atoms with Gasteiger partial charge in [-0.05, 0) is 19.9 Å². The third-order valence-corrected chi connectivity index (χ3v) is 2.25. The lowest BCUT2D eigenvalue weighted by Gasteiger charge is -2.21. The summed E-state index contributed by atoms with van der Waals surface area (Å²) in [5, 5.41) is 9.29. The van der Waals surface area contributed by atoms with Crippen molar-refractivity contribution in [2.45, 2.75) is 26.4 Å². The van der Waals surface area contributed by atoms with Gasteiger partial charge in [0.25, 0.3) is 0 Å². The zero-order valence-corrected chi connectivity index (χ0v) is 9.41. The number of rotatable bonds is 9. The molecule has 0 aromatic rings. The van der Waals surface area contributed by atoms with Gasteiger partial charge in [-0.15, -0.1) is 0 Å². The molecule has 14 heavy (non-hydrogen) atoms. The summed E-state index contributed by atoms with van der Waals surface area (Å²) in [6, 6.07) is 0. The molecule has 0 amide bonds. The maximum atomic E-state index is 9.29. The van der Waals surface area contributed by atoms with E-state index in [4.69, 9.17) is 10.5 Å². The van der Waals surface area contributed by atoms with Crippen LogP contribution in [0.3, 0.4) is 0 Å². The highest BCUT2D eigenvalue weighted by atomic mass is 16.5. The Kier molecular flexibility index (Phi) is 9.29. The molecule has 4 nitrogen and oxygen atoms in total. The average Bonchev–Trinajstić information content (AvgIpc) is 2.22. The van der Waals surface area contributed by atoms with Crippen LogP contribution >= 0.6 is 0 Å². The molecule has 0 aliphatic carbocycles. The first-order chi connectivity index (χ1) is 6.74. The Labute approximate surface area is 87.0 Å². The van der Waals surface area contributed by atoms with E-state index < -0.39 is 0 Å². The van der Waals surface area contributed by atoms with E-state index in [-0.39, 0.29) is 6.10 Å². The van der Waals surface area contributed by atoms with E-state index in [0.29, 0.717) is 6.54 Å². The van der Waals surface area contributed by atoms with Gasteiger partial charge in [0.05, 0.1) is 12.7 Å². The van der Waals surface area contributed by atoms with E-state index in [1.807, 2.05) is 6.92 Å². The zero-order valence-electron chi connectivity index (χ0n) is 9.41. The minimum atomic E-state index is -0.365. The molecular formula is C10H24N2O2. The monoisotopic (exact) mass is 204 g/mol. The maximum Gasteiger partial charge on any atom is 0.0674 e. The quantitative estimate of drug-likeness (QED) is 0.521. The van der Waals surface area contributed by atoms with E-state index in [1.165, 1.54) is 0 Å². The largest absolute Gasteiger partial charge is 0.392 e. The summed E-state index contributed by atoms with van der Waals surface area (Å²) in [6.07, 6.45) is 0.382. The summed E-state index contributed by atoms with van der Waals surface area (Å²) in [5.41, 5.74) is 5.33. The number of nitrogens with zero attached hydrogens (tertiary/aromatic N) is 1. The third kappa shape index (κ3) is 7.26. The Balaban J connectivity index is 3.47. The van der Waals surface area contributed by atoms with Gasteiger partial charge in [0, 0.05) is 26.2 Å². The molecule has 0 radical (unpaired) electrons. The van der Waals surface area contributed by atoms with Crippen molar-refractivity contribution in [1.82, 2.24) is 4.90 Å². The Hall–Kier alpha value is -0.160. The van der Waals surface area contributed by atoms with Crippen molar-refractivity contribution in [2.24, 2.45) is 5.73 Å². The summed E-state index contributed by atoms with van der Waals surface area (Å²) >= 11 is 0. The van der Waals surface area contributed by atoms with Crippen molar-refractivity contribution in [2.75, 3.05) is 39.4 Å². The second kappa shape index (κ2) is 9.40. The highest BCUT2D eigenvalue weighted by Crippen LogP contribution is 1.95. The van der Waals surface area contributed by atoms with Gasteiger partial charge >= 0.3 is 0 Å². The number of nitrogens with two attached hydrogens (primary N) is 1. The van der Waals surface area contributed by atoms with Crippen molar-refractivity contribution in [1.29, 1.82) is 0 Å². The standard InChI is InChI=1S/C10H24N2O2/c1-3-12(7-8-14-4-2)6-5-10(13)9-11/h10,13H,3-9,11H2,1-2H3. The second-order valence-corrected chi connectivity index (χ2v) is 3.31. The molecule has 1 atom stereocenters. The highest BCUT2D eigenvalue weighted by Gasteiger charge is 2.05. The van der Waals surface area contributed by atoms with Crippen LogP contribution in [-0.4, -0.2) is 55.5 Å². The van der Waals surface area contributed by atoms with Crippen LogP contribution in [-0.2, 0) is 4.74 Å². The fourth-order valence-electron chi connectivity index (χ4n) is 1.22. The fourth-order valence-corrected chi connectivity index (χ4v) is 1.22. The van der Waals surface area contributed by atoms with Gasteiger partial charge in [-0.3, -0.25) is 0 Å². The van der Waals surface area contributed by atoms with Crippen LogP contribution in [0.25, 0.3) is 0 Å². The Bertz CT molecular complexity index is 123. The molecular weight excluding hydrogens is 180 g/mol. The van der Waals surface area contributed by atoms with E-state index in [2.05, 4.69) is 11.8 Å². The first-order valence-corrected chi connectivity index (χ1v) is 5.42. The topological polar surface area (TPSA) is 58.7 Å². The lowest BCUT2D eigenvalue weighted by atomic mass is 10.2. The van der Waals surface area contributed by atoms with Gasteiger partial charge in [0.2, 0.25) is 0 Å². The molecule has 0 spiro atoms. The molecule has 0 aromatic carbocycles.